The molecule has 0 spiro atoms. The average Bonchev–Trinajstić information content (AvgIpc) is 3.28. The molecule has 12 heteroatoms. The molecule has 3 aromatic heterocycles. The third kappa shape index (κ3) is 4.60. The third-order valence-corrected chi connectivity index (χ3v) is 5.83. The summed E-state index contributed by atoms with van der Waals surface area (Å²) in [5.74, 6) is 0.477. The van der Waals surface area contributed by atoms with Gasteiger partial charge < -0.3 is 4.74 Å². The summed E-state index contributed by atoms with van der Waals surface area (Å²) in [6.07, 6.45) is 5.33. The quantitative estimate of drug-likeness (QED) is 0.302. The van der Waals surface area contributed by atoms with Crippen molar-refractivity contribution in [3.8, 4) is 5.88 Å². The highest BCUT2D eigenvalue weighted by Gasteiger charge is 2.27. The van der Waals surface area contributed by atoms with Crippen LogP contribution < -0.4 is 4.74 Å². The van der Waals surface area contributed by atoms with E-state index in [1.54, 1.807) is 11.6 Å². The number of nitro groups is 1. The first-order valence-corrected chi connectivity index (χ1v) is 10.6. The van der Waals surface area contributed by atoms with Gasteiger partial charge in [-0.05, 0) is 50.1 Å². The smallest absolute Gasteiger partial charge is 0.350 e. The zero-order valence-corrected chi connectivity index (χ0v) is 18.0. The van der Waals surface area contributed by atoms with Crippen molar-refractivity contribution in [2.24, 2.45) is 5.92 Å². The van der Waals surface area contributed by atoms with Crippen LogP contribution in [0.1, 0.15) is 44.3 Å². The molecule has 1 aliphatic carbocycles. The van der Waals surface area contributed by atoms with Crippen LogP contribution in [0.25, 0.3) is 11.0 Å². The van der Waals surface area contributed by atoms with E-state index in [1.165, 1.54) is 17.1 Å². The first kappa shape index (κ1) is 21.4. The van der Waals surface area contributed by atoms with E-state index in [1.807, 2.05) is 0 Å². The average molecular weight is 452 g/mol. The van der Waals surface area contributed by atoms with Crippen molar-refractivity contribution in [2.45, 2.75) is 58.3 Å². The minimum atomic E-state index is -1.49. The largest absolute Gasteiger partial charge is 0.469 e. The fourth-order valence-corrected chi connectivity index (χ4v) is 4.04. The summed E-state index contributed by atoms with van der Waals surface area (Å²) in [4.78, 5) is 18.9. The Morgan fingerprint density at radius 1 is 1.35 bits per heavy atom. The Morgan fingerprint density at radius 3 is 2.81 bits per heavy atom. The lowest BCUT2D eigenvalue weighted by molar-refractivity contribution is -0.386. The minimum Gasteiger partial charge on any atom is -0.469 e. The molecule has 0 N–H and O–H groups in total. The Hall–Kier alpha value is -2.82. The van der Waals surface area contributed by atoms with Crippen LogP contribution in [0.2, 0.25) is 5.28 Å². The number of rotatable bonds is 7. The highest BCUT2D eigenvalue weighted by Crippen LogP contribution is 2.34. The lowest BCUT2D eigenvalue weighted by Crippen LogP contribution is -2.21. The number of nitrogens with zero attached hydrogens (tertiary/aromatic N) is 7. The van der Waals surface area contributed by atoms with E-state index in [4.69, 9.17) is 16.3 Å². The third-order valence-electron chi connectivity index (χ3n) is 5.65. The van der Waals surface area contributed by atoms with Crippen LogP contribution in [0.5, 0.6) is 5.88 Å². The topological polar surface area (TPSA) is 114 Å². The van der Waals surface area contributed by atoms with Crippen LogP contribution in [0.3, 0.4) is 0 Å². The zero-order valence-electron chi connectivity index (χ0n) is 17.2. The van der Waals surface area contributed by atoms with E-state index < -0.39 is 17.7 Å². The fraction of sp³-hybridized carbons (Fsp3) is 0.579. The van der Waals surface area contributed by atoms with Crippen LogP contribution >= 0.6 is 11.6 Å². The van der Waals surface area contributed by atoms with Gasteiger partial charge in [0.2, 0.25) is 5.28 Å². The van der Waals surface area contributed by atoms with Crippen LogP contribution in [-0.4, -0.2) is 47.2 Å². The lowest BCUT2D eigenvalue weighted by atomic mass is 9.87. The van der Waals surface area contributed by atoms with E-state index in [0.717, 1.165) is 25.7 Å². The molecule has 1 unspecified atom stereocenters. The first-order chi connectivity index (χ1) is 14.8. The highest BCUT2D eigenvalue weighted by molar-refractivity contribution is 6.28. The monoisotopic (exact) mass is 451 g/mol. The molecule has 0 bridgehead atoms. The number of hydrogen-bond acceptors (Lipinski definition) is 7. The van der Waals surface area contributed by atoms with Crippen molar-refractivity contribution in [1.29, 1.82) is 0 Å². The summed E-state index contributed by atoms with van der Waals surface area (Å²) in [7, 11) is 0. The number of alkyl halides is 1. The maximum Gasteiger partial charge on any atom is 0.350 e. The Labute approximate surface area is 182 Å². The summed E-state index contributed by atoms with van der Waals surface area (Å²) >= 11 is 5.84. The second-order valence-corrected chi connectivity index (χ2v) is 8.36. The van der Waals surface area contributed by atoms with Gasteiger partial charge in [-0.1, -0.05) is 6.92 Å². The molecule has 0 amide bonds. The molecule has 3 heterocycles. The van der Waals surface area contributed by atoms with Gasteiger partial charge in [0.05, 0.1) is 28.6 Å². The van der Waals surface area contributed by atoms with Gasteiger partial charge in [-0.25, -0.2) is 14.1 Å². The van der Waals surface area contributed by atoms with E-state index in [2.05, 4.69) is 27.1 Å². The Balaban J connectivity index is 1.45. The summed E-state index contributed by atoms with van der Waals surface area (Å²) in [5.41, 5.74) is 0.809. The summed E-state index contributed by atoms with van der Waals surface area (Å²) < 4.78 is 23.1. The molecule has 0 aromatic carbocycles. The van der Waals surface area contributed by atoms with E-state index in [-0.39, 0.29) is 29.4 Å². The van der Waals surface area contributed by atoms with E-state index in [9.17, 15) is 14.5 Å². The lowest BCUT2D eigenvalue weighted by Gasteiger charge is -2.25. The Bertz CT molecular complexity index is 1090. The zero-order chi connectivity index (χ0) is 22.1. The molecule has 1 fully saturated rings. The van der Waals surface area contributed by atoms with Crippen molar-refractivity contribution in [2.75, 3.05) is 6.61 Å². The summed E-state index contributed by atoms with van der Waals surface area (Å²) in [5, 5.41) is 20.7. The molecule has 166 valence electrons. The molecule has 0 saturated heterocycles. The molecule has 1 saturated carbocycles. The first-order valence-electron chi connectivity index (χ1n) is 10.2. The molecule has 4 rings (SSSR count). The number of aryl methyl sites for hydroxylation is 1. The highest BCUT2D eigenvalue weighted by atomic mass is 35.5. The van der Waals surface area contributed by atoms with Crippen molar-refractivity contribution in [3.63, 3.8) is 0 Å². The second kappa shape index (κ2) is 8.74. The number of hydrogen-bond donors (Lipinski definition) is 0. The second-order valence-electron chi connectivity index (χ2n) is 8.02. The van der Waals surface area contributed by atoms with Crippen molar-refractivity contribution in [1.82, 2.24) is 29.5 Å². The van der Waals surface area contributed by atoms with Crippen molar-refractivity contribution in [3.05, 3.63) is 33.5 Å². The Morgan fingerprint density at radius 2 is 2.10 bits per heavy atom. The molecule has 0 aliphatic heterocycles. The van der Waals surface area contributed by atoms with Gasteiger partial charge in [0.25, 0.3) is 0 Å². The molecular weight excluding hydrogens is 429 g/mol. The number of halogens is 2. The molecule has 10 nitrogen and oxygen atoms in total. The van der Waals surface area contributed by atoms with Crippen molar-refractivity contribution < 1.29 is 14.1 Å². The minimum absolute atomic E-state index is 0.0404. The van der Waals surface area contributed by atoms with Gasteiger partial charge in [-0.2, -0.15) is 10.1 Å². The van der Waals surface area contributed by atoms with Gasteiger partial charge >= 0.3 is 11.6 Å². The molecular formula is C19H23ClFN7O3. The van der Waals surface area contributed by atoms with Gasteiger partial charge in [0, 0.05) is 6.20 Å². The predicted molar refractivity (Wildman–Crippen MR) is 111 cm³/mol. The van der Waals surface area contributed by atoms with Crippen molar-refractivity contribution >= 4 is 28.3 Å². The number of ether oxygens (including phenoxy) is 1. The summed E-state index contributed by atoms with van der Waals surface area (Å²) in [6, 6.07) is 0.0938. The molecule has 3 aromatic rings. The number of fused-ring (bicyclic) bond motifs is 1. The van der Waals surface area contributed by atoms with Gasteiger partial charge in [-0.3, -0.25) is 14.8 Å². The van der Waals surface area contributed by atoms with Gasteiger partial charge in [-0.15, -0.1) is 5.10 Å². The predicted octanol–water partition coefficient (Wildman–Crippen LogP) is 4.06. The van der Waals surface area contributed by atoms with E-state index in [0.29, 0.717) is 22.6 Å². The van der Waals surface area contributed by atoms with Gasteiger partial charge in [0.15, 0.2) is 11.8 Å². The molecule has 0 radical (unpaired) electrons. The van der Waals surface area contributed by atoms with Crippen LogP contribution in [0.15, 0.2) is 12.4 Å². The van der Waals surface area contributed by atoms with Crippen LogP contribution in [-0.2, 0) is 6.54 Å². The van der Waals surface area contributed by atoms with E-state index >= 15 is 0 Å². The maximum absolute atomic E-state index is 14.7. The fourth-order valence-electron chi connectivity index (χ4n) is 3.91. The molecule has 31 heavy (non-hydrogen) atoms. The van der Waals surface area contributed by atoms with Crippen LogP contribution in [0.4, 0.5) is 10.1 Å². The SMILES string of the molecule is Cc1nn(CC(F)COc2nn(C3CCC(C)CC3)cc2[N+](=O)[O-])c2nc(Cl)ncc12. The van der Waals surface area contributed by atoms with Crippen LogP contribution in [0, 0.1) is 23.0 Å². The molecule has 1 atom stereocenters. The summed E-state index contributed by atoms with van der Waals surface area (Å²) in [6.45, 7) is 3.41. The standard InChI is InChI=1S/C19H23ClFN7O3/c1-11-3-5-14(6-4-11)26-9-16(28(29)30)18(25-26)31-10-13(21)8-27-17-15(12(2)24-27)7-22-19(20)23-17/h7,9,11,13-14H,3-6,8,10H2,1-2H3. The van der Waals surface area contributed by atoms with Gasteiger partial charge in [0.1, 0.15) is 12.8 Å². The molecule has 1 aliphatic rings. The normalized spacial score (nSPS) is 20.1. The Kier molecular flexibility index (Phi) is 6.03. The maximum atomic E-state index is 14.7. The number of aromatic nitrogens is 6.